The Hall–Kier alpha value is -2.26. The summed E-state index contributed by atoms with van der Waals surface area (Å²) >= 11 is 0. The lowest BCUT2D eigenvalue weighted by molar-refractivity contribution is -0.117. The average Bonchev–Trinajstić information content (AvgIpc) is 3.48. The van der Waals surface area contributed by atoms with Gasteiger partial charge in [-0.1, -0.05) is 0 Å². The molecular formula is C18H21NO7. The molecule has 1 aliphatic carbocycles. The molecule has 1 aliphatic rings. The molecule has 0 aliphatic heterocycles. The minimum atomic E-state index is -1.71. The zero-order chi connectivity index (χ0) is 18.8. The van der Waals surface area contributed by atoms with Gasteiger partial charge in [0.05, 0.1) is 6.61 Å². The van der Waals surface area contributed by atoms with Crippen LogP contribution in [0, 0.1) is 0 Å². The molecule has 1 aromatic heterocycles. The third-order valence-corrected chi connectivity index (χ3v) is 4.57. The van der Waals surface area contributed by atoms with Crippen LogP contribution in [0.15, 0.2) is 33.5 Å². The Kier molecular flexibility index (Phi) is 5.38. The summed E-state index contributed by atoms with van der Waals surface area (Å²) in [7, 11) is 0. The van der Waals surface area contributed by atoms with E-state index in [0.29, 0.717) is 23.5 Å². The van der Waals surface area contributed by atoms with E-state index in [1.165, 1.54) is 6.07 Å². The number of anilines is 1. The molecule has 8 heteroatoms. The van der Waals surface area contributed by atoms with Crippen molar-refractivity contribution in [3.63, 3.8) is 0 Å². The van der Waals surface area contributed by atoms with Crippen LogP contribution in [0.4, 0.5) is 5.69 Å². The lowest BCUT2D eigenvalue weighted by Gasteiger charge is -2.26. The molecule has 0 unspecified atom stereocenters. The van der Waals surface area contributed by atoms with Gasteiger partial charge in [-0.3, -0.25) is 0 Å². The maximum atomic E-state index is 11.8. The highest BCUT2D eigenvalue weighted by molar-refractivity contribution is 5.84. The number of aldehydes is 1. The van der Waals surface area contributed by atoms with Crippen molar-refractivity contribution in [1.29, 1.82) is 0 Å². The average molecular weight is 363 g/mol. The fourth-order valence-corrected chi connectivity index (χ4v) is 2.95. The molecule has 1 aromatic carbocycles. The number of hydrogen-bond donors (Lipinski definition) is 5. The maximum absolute atomic E-state index is 11.8. The highest BCUT2D eigenvalue weighted by Crippen LogP contribution is 2.42. The Bertz CT molecular complexity index is 845. The monoisotopic (exact) mass is 363 g/mol. The highest BCUT2D eigenvalue weighted by atomic mass is 16.4. The van der Waals surface area contributed by atoms with E-state index >= 15 is 0 Å². The second-order valence-corrected chi connectivity index (χ2v) is 6.54. The molecule has 1 fully saturated rings. The number of rotatable bonds is 8. The number of aliphatic hydroxyl groups is 4. The van der Waals surface area contributed by atoms with Crippen molar-refractivity contribution in [2.24, 2.45) is 0 Å². The van der Waals surface area contributed by atoms with Gasteiger partial charge >= 0.3 is 5.63 Å². The lowest BCUT2D eigenvalue weighted by atomic mass is 10.0. The summed E-state index contributed by atoms with van der Waals surface area (Å²) in [5, 5.41) is 41.6. The van der Waals surface area contributed by atoms with Crippen molar-refractivity contribution in [3.8, 4) is 0 Å². The third kappa shape index (κ3) is 3.78. The summed E-state index contributed by atoms with van der Waals surface area (Å²) in [6, 6.07) is 5.24. The Morgan fingerprint density at radius 3 is 2.54 bits per heavy atom. The van der Waals surface area contributed by atoms with Crippen molar-refractivity contribution in [2.75, 3.05) is 11.9 Å². The molecule has 0 amide bonds. The van der Waals surface area contributed by atoms with E-state index in [1.54, 1.807) is 18.2 Å². The predicted molar refractivity (Wildman–Crippen MR) is 93.0 cm³/mol. The molecule has 3 rings (SSSR count). The number of benzene rings is 1. The molecule has 1 saturated carbocycles. The molecule has 1 heterocycles. The van der Waals surface area contributed by atoms with Crippen LogP contribution in [-0.2, 0) is 4.79 Å². The molecule has 2 aromatic rings. The van der Waals surface area contributed by atoms with Gasteiger partial charge in [0, 0.05) is 23.2 Å². The Balaban J connectivity index is 1.85. The molecule has 4 atom stereocenters. The van der Waals surface area contributed by atoms with Gasteiger partial charge in [0.2, 0.25) is 0 Å². The first-order chi connectivity index (χ1) is 12.4. The number of carbonyl (C=O) groups is 1. The van der Waals surface area contributed by atoms with Gasteiger partial charge in [-0.25, -0.2) is 4.79 Å². The molecule has 8 nitrogen and oxygen atoms in total. The van der Waals surface area contributed by atoms with Crippen LogP contribution in [0.2, 0.25) is 0 Å². The molecule has 140 valence electrons. The van der Waals surface area contributed by atoms with Crippen LogP contribution in [0.3, 0.4) is 0 Å². The number of fused-ring (bicyclic) bond motifs is 1. The van der Waals surface area contributed by atoms with E-state index < -0.39 is 36.6 Å². The molecule has 0 spiro atoms. The molecular weight excluding hydrogens is 342 g/mol. The van der Waals surface area contributed by atoms with Crippen molar-refractivity contribution >= 4 is 22.9 Å². The van der Waals surface area contributed by atoms with Crippen LogP contribution in [0.1, 0.15) is 24.3 Å². The van der Waals surface area contributed by atoms with Gasteiger partial charge in [-0.15, -0.1) is 0 Å². The first-order valence-corrected chi connectivity index (χ1v) is 8.39. The van der Waals surface area contributed by atoms with Gasteiger partial charge in [-0.2, -0.15) is 0 Å². The summed E-state index contributed by atoms with van der Waals surface area (Å²) < 4.78 is 5.23. The Labute approximate surface area is 148 Å². The van der Waals surface area contributed by atoms with Crippen molar-refractivity contribution in [2.45, 2.75) is 43.1 Å². The van der Waals surface area contributed by atoms with Gasteiger partial charge in [-0.05, 0) is 36.5 Å². The molecule has 0 saturated heterocycles. The van der Waals surface area contributed by atoms with E-state index in [0.717, 1.165) is 23.8 Å². The van der Waals surface area contributed by atoms with Gasteiger partial charge in [0.25, 0.3) is 0 Å². The minimum Gasteiger partial charge on any atom is -0.423 e. The van der Waals surface area contributed by atoms with Gasteiger partial charge in [0.1, 0.15) is 36.2 Å². The fraction of sp³-hybridized carbons (Fsp3) is 0.444. The largest absolute Gasteiger partial charge is 0.423 e. The number of nitrogens with one attached hydrogen (secondary N) is 1. The zero-order valence-corrected chi connectivity index (χ0v) is 13.9. The number of carbonyl (C=O) groups excluding carboxylic acids is 1. The van der Waals surface area contributed by atoms with Crippen LogP contribution in [0.5, 0.6) is 0 Å². The standard InChI is InChI=1S/C18H21NO7/c20-7-13(17(24)18(25)14(22)8-21)19-10-3-4-11-12(9-1-2-9)6-16(23)26-15(11)5-10/h3-7,9,13-14,17-19,21-22,24-25H,1-2,8H2/t13-,14+,17+,18+/m0/s1. The van der Waals surface area contributed by atoms with E-state index in [-0.39, 0.29) is 0 Å². The van der Waals surface area contributed by atoms with E-state index in [9.17, 15) is 24.9 Å². The minimum absolute atomic E-state index is 0.361. The number of hydrogen-bond acceptors (Lipinski definition) is 8. The topological polar surface area (TPSA) is 140 Å². The molecule has 5 N–H and O–H groups in total. The second-order valence-electron chi connectivity index (χ2n) is 6.54. The molecule has 0 bridgehead atoms. The second kappa shape index (κ2) is 7.55. The smallest absolute Gasteiger partial charge is 0.336 e. The summed E-state index contributed by atoms with van der Waals surface area (Å²) in [6.07, 6.45) is -2.48. The quantitative estimate of drug-likeness (QED) is 0.319. The fourth-order valence-electron chi connectivity index (χ4n) is 2.95. The van der Waals surface area contributed by atoms with Crippen LogP contribution < -0.4 is 10.9 Å². The number of aliphatic hydroxyl groups excluding tert-OH is 4. The third-order valence-electron chi connectivity index (χ3n) is 4.57. The van der Waals surface area contributed by atoms with Crippen LogP contribution in [0.25, 0.3) is 11.0 Å². The van der Waals surface area contributed by atoms with Gasteiger partial charge < -0.3 is 35.0 Å². The normalized spacial score (nSPS) is 18.9. The van der Waals surface area contributed by atoms with E-state index in [2.05, 4.69) is 5.32 Å². The molecule has 26 heavy (non-hydrogen) atoms. The molecule has 0 radical (unpaired) electrons. The van der Waals surface area contributed by atoms with Crippen LogP contribution in [-0.4, -0.2) is 57.7 Å². The SMILES string of the molecule is O=C[C@H](Nc1ccc2c(C3CC3)cc(=O)oc2c1)[C@@H](O)[C@H](O)[C@H](O)CO. The van der Waals surface area contributed by atoms with Crippen molar-refractivity contribution < 1.29 is 29.6 Å². The highest BCUT2D eigenvalue weighted by Gasteiger charge is 2.31. The van der Waals surface area contributed by atoms with Crippen molar-refractivity contribution in [1.82, 2.24) is 0 Å². The lowest BCUT2D eigenvalue weighted by Crippen LogP contribution is -2.49. The summed E-state index contributed by atoms with van der Waals surface area (Å²) in [5.41, 5.74) is 1.25. The maximum Gasteiger partial charge on any atom is 0.336 e. The van der Waals surface area contributed by atoms with E-state index in [4.69, 9.17) is 9.52 Å². The van der Waals surface area contributed by atoms with E-state index in [1.807, 2.05) is 0 Å². The summed E-state index contributed by atoms with van der Waals surface area (Å²) in [4.78, 5) is 23.0. The first-order valence-electron chi connectivity index (χ1n) is 8.39. The predicted octanol–water partition coefficient (Wildman–Crippen LogP) is -0.275. The zero-order valence-electron chi connectivity index (χ0n) is 13.9. The first kappa shape index (κ1) is 18.5. The van der Waals surface area contributed by atoms with Crippen molar-refractivity contribution in [3.05, 3.63) is 40.2 Å². The van der Waals surface area contributed by atoms with Gasteiger partial charge in [0.15, 0.2) is 0 Å². The summed E-state index contributed by atoms with van der Waals surface area (Å²) in [5.74, 6) is 0.361. The Morgan fingerprint density at radius 2 is 1.92 bits per heavy atom. The summed E-state index contributed by atoms with van der Waals surface area (Å²) in [6.45, 7) is -0.755. The Morgan fingerprint density at radius 1 is 1.19 bits per heavy atom. The van der Waals surface area contributed by atoms with Crippen LogP contribution >= 0.6 is 0 Å².